The van der Waals surface area contributed by atoms with Crippen molar-refractivity contribution in [1.82, 2.24) is 0 Å². The number of thioether (sulfide) groups is 1. The molecule has 0 amide bonds. The molecule has 1 fully saturated rings. The van der Waals surface area contributed by atoms with Gasteiger partial charge in [0, 0.05) is 23.8 Å². The molecule has 41 heavy (non-hydrogen) atoms. The van der Waals surface area contributed by atoms with Gasteiger partial charge in [-0.3, -0.25) is 4.99 Å². The van der Waals surface area contributed by atoms with Crippen LogP contribution < -0.4 is 10.6 Å². The third kappa shape index (κ3) is 8.68. The van der Waals surface area contributed by atoms with Crippen LogP contribution in [0.15, 0.2) is 98.3 Å². The molecule has 7 nitrogen and oxygen atoms in total. The number of aliphatic imine (C=N–C) groups is 2. The van der Waals surface area contributed by atoms with Crippen molar-refractivity contribution in [3.8, 4) is 0 Å². The Morgan fingerprint density at radius 2 is 1.88 bits per heavy atom. The molecule has 2 aromatic carbocycles. The number of hydrogen-bond acceptors (Lipinski definition) is 5. The zero-order valence-corrected chi connectivity index (χ0v) is 23.7. The molecule has 2 aromatic rings. The van der Waals surface area contributed by atoms with E-state index in [9.17, 15) is 13.2 Å². The van der Waals surface area contributed by atoms with Gasteiger partial charge in [-0.15, -0.1) is 18.3 Å². The molecular formula is C30H31F3N6OS. The van der Waals surface area contributed by atoms with Crippen molar-refractivity contribution in [2.24, 2.45) is 31.8 Å². The van der Waals surface area contributed by atoms with Crippen LogP contribution in [0, 0.1) is 5.92 Å². The Hall–Kier alpha value is -4.12. The smallest absolute Gasteiger partial charge is 0.406 e. The highest BCUT2D eigenvalue weighted by Crippen LogP contribution is 2.30. The van der Waals surface area contributed by atoms with E-state index in [1.807, 2.05) is 36.4 Å². The number of benzene rings is 2. The van der Waals surface area contributed by atoms with Crippen molar-refractivity contribution in [2.45, 2.75) is 33.2 Å². The SMILES string of the molecule is CC(C)=Cc1ccccc1N1CCS/C1=N\N=C\c1ccc(C(N)=NC=NC2C=CC(OC(F)(F)F)=CC2C)cc1. The molecular weight excluding hydrogens is 549 g/mol. The first-order valence-electron chi connectivity index (χ1n) is 13.0. The molecule has 0 spiro atoms. The fraction of sp³-hybridized carbons (Fsp3) is 0.267. The van der Waals surface area contributed by atoms with Crippen molar-refractivity contribution in [3.63, 3.8) is 0 Å². The molecule has 11 heteroatoms. The van der Waals surface area contributed by atoms with Crippen LogP contribution in [0.3, 0.4) is 0 Å². The molecule has 1 aliphatic carbocycles. The zero-order chi connectivity index (χ0) is 29.4. The molecule has 1 aliphatic heterocycles. The molecule has 2 unspecified atom stereocenters. The van der Waals surface area contributed by atoms with E-state index in [1.54, 1.807) is 24.9 Å². The second-order valence-corrected chi connectivity index (χ2v) is 10.7. The minimum absolute atomic E-state index is 0.251. The highest BCUT2D eigenvalue weighted by atomic mass is 32.2. The fourth-order valence-electron chi connectivity index (χ4n) is 4.18. The fourth-order valence-corrected chi connectivity index (χ4v) is 5.08. The maximum atomic E-state index is 12.4. The lowest BCUT2D eigenvalue weighted by Crippen LogP contribution is -2.24. The largest absolute Gasteiger partial charge is 0.573 e. The van der Waals surface area contributed by atoms with Crippen molar-refractivity contribution in [2.75, 3.05) is 17.2 Å². The Bertz CT molecular complexity index is 1440. The van der Waals surface area contributed by atoms with Crippen LogP contribution >= 0.6 is 11.8 Å². The molecule has 1 heterocycles. The van der Waals surface area contributed by atoms with Crippen LogP contribution in [0.4, 0.5) is 18.9 Å². The summed E-state index contributed by atoms with van der Waals surface area (Å²) in [5.41, 5.74) is 11.1. The minimum atomic E-state index is -4.73. The van der Waals surface area contributed by atoms with E-state index in [0.717, 1.165) is 34.3 Å². The summed E-state index contributed by atoms with van der Waals surface area (Å²) in [6, 6.07) is 15.3. The van der Waals surface area contributed by atoms with Gasteiger partial charge >= 0.3 is 6.36 Å². The number of anilines is 1. The molecule has 2 atom stereocenters. The number of hydrogen-bond donors (Lipinski definition) is 1. The van der Waals surface area contributed by atoms with Crippen LogP contribution in [-0.2, 0) is 4.74 Å². The van der Waals surface area contributed by atoms with E-state index in [4.69, 9.17) is 5.73 Å². The lowest BCUT2D eigenvalue weighted by Gasteiger charge is -2.20. The standard InChI is InChI=1S/C30H31F3N6OS/c1-20(2)16-24-6-4-5-7-27(24)39-14-15-41-29(39)38-37-18-22-8-10-23(11-9-22)28(34)36-19-35-26-13-12-25(17-21(26)3)40-30(31,32)33/h4-13,16-19,21,26H,14-15H2,1-3H3,(H2,34,35,36)/b37-18+,38-29-. The summed E-state index contributed by atoms with van der Waals surface area (Å²) < 4.78 is 41.2. The first kappa shape index (κ1) is 29.9. The number of amidine groups is 2. The van der Waals surface area contributed by atoms with Gasteiger partial charge in [-0.2, -0.15) is 5.10 Å². The quantitative estimate of drug-likeness (QED) is 0.212. The van der Waals surface area contributed by atoms with E-state index in [-0.39, 0.29) is 23.6 Å². The summed E-state index contributed by atoms with van der Waals surface area (Å²) in [6.07, 6.45) is 4.60. The second kappa shape index (κ2) is 13.5. The molecule has 214 valence electrons. The van der Waals surface area contributed by atoms with Crippen LogP contribution in [0.5, 0.6) is 0 Å². The van der Waals surface area contributed by atoms with Gasteiger partial charge in [0.2, 0.25) is 0 Å². The van der Waals surface area contributed by atoms with Crippen molar-refractivity contribution >= 4 is 47.1 Å². The number of ether oxygens (including phenoxy) is 1. The first-order valence-corrected chi connectivity index (χ1v) is 13.9. The summed E-state index contributed by atoms with van der Waals surface area (Å²) in [5.74, 6) is 0.649. The maximum Gasteiger partial charge on any atom is 0.573 e. The summed E-state index contributed by atoms with van der Waals surface area (Å²) in [6.45, 7) is 6.77. The number of halogens is 3. The van der Waals surface area contributed by atoms with Crippen LogP contribution in [0.2, 0.25) is 0 Å². The van der Waals surface area contributed by atoms with E-state index < -0.39 is 6.36 Å². The second-order valence-electron chi connectivity index (χ2n) is 9.63. The summed E-state index contributed by atoms with van der Waals surface area (Å²) in [4.78, 5) is 10.7. The molecule has 2 aliphatic rings. The highest BCUT2D eigenvalue weighted by Gasteiger charge is 2.32. The summed E-state index contributed by atoms with van der Waals surface area (Å²) >= 11 is 1.67. The third-order valence-corrected chi connectivity index (χ3v) is 7.04. The average molecular weight is 581 g/mol. The van der Waals surface area contributed by atoms with E-state index in [1.165, 1.54) is 30.1 Å². The van der Waals surface area contributed by atoms with Gasteiger partial charge in [-0.25, -0.2) is 4.99 Å². The first-order chi connectivity index (χ1) is 19.6. The third-order valence-electron chi connectivity index (χ3n) is 6.10. The zero-order valence-electron chi connectivity index (χ0n) is 22.9. The molecule has 0 aromatic heterocycles. The van der Waals surface area contributed by atoms with Crippen molar-refractivity contribution in [3.05, 3.63) is 94.8 Å². The van der Waals surface area contributed by atoms with Gasteiger partial charge in [0.05, 0.1) is 17.9 Å². The molecule has 1 saturated heterocycles. The van der Waals surface area contributed by atoms with Crippen LogP contribution in [0.25, 0.3) is 6.08 Å². The number of nitrogens with zero attached hydrogens (tertiary/aromatic N) is 5. The molecule has 0 saturated carbocycles. The van der Waals surface area contributed by atoms with Gasteiger partial charge in [-0.1, -0.05) is 78.9 Å². The lowest BCUT2D eigenvalue weighted by molar-refractivity contribution is -0.303. The number of para-hydroxylation sites is 1. The topological polar surface area (TPSA) is 87.9 Å². The number of rotatable bonds is 8. The van der Waals surface area contributed by atoms with Gasteiger partial charge in [0.15, 0.2) is 5.17 Å². The predicted octanol–water partition coefficient (Wildman–Crippen LogP) is 6.78. The van der Waals surface area contributed by atoms with Crippen molar-refractivity contribution in [1.29, 1.82) is 0 Å². The Morgan fingerprint density at radius 3 is 2.59 bits per heavy atom. The molecule has 0 bridgehead atoms. The Balaban J connectivity index is 1.36. The number of allylic oxidation sites excluding steroid dienone is 2. The normalized spacial score (nSPS) is 20.7. The van der Waals surface area contributed by atoms with Crippen molar-refractivity contribution < 1.29 is 17.9 Å². The average Bonchev–Trinajstić information content (AvgIpc) is 3.37. The monoisotopic (exact) mass is 580 g/mol. The van der Waals surface area contributed by atoms with E-state index in [2.05, 4.69) is 61.9 Å². The Labute approximate surface area is 241 Å². The van der Waals surface area contributed by atoms with Gasteiger partial charge in [0.25, 0.3) is 0 Å². The van der Waals surface area contributed by atoms with Crippen LogP contribution in [0.1, 0.15) is 37.5 Å². The number of alkyl halides is 3. The molecule has 2 N–H and O–H groups in total. The maximum absolute atomic E-state index is 12.4. The van der Waals surface area contributed by atoms with E-state index >= 15 is 0 Å². The number of nitrogens with two attached hydrogens (primary N) is 1. The molecule has 4 rings (SSSR count). The van der Waals surface area contributed by atoms with Gasteiger partial charge in [-0.05, 0) is 43.2 Å². The van der Waals surface area contributed by atoms with Gasteiger partial charge in [0.1, 0.15) is 17.9 Å². The summed E-state index contributed by atoms with van der Waals surface area (Å²) in [5, 5.41) is 9.65. The summed E-state index contributed by atoms with van der Waals surface area (Å²) in [7, 11) is 0. The predicted molar refractivity (Wildman–Crippen MR) is 164 cm³/mol. The lowest BCUT2D eigenvalue weighted by atomic mass is 9.97. The highest BCUT2D eigenvalue weighted by molar-refractivity contribution is 8.14. The molecule has 0 radical (unpaired) electrons. The Morgan fingerprint density at radius 1 is 1.12 bits per heavy atom. The Kier molecular flexibility index (Phi) is 9.82. The van der Waals surface area contributed by atoms with E-state index in [0.29, 0.717) is 5.56 Å². The minimum Gasteiger partial charge on any atom is -0.406 e. The van der Waals surface area contributed by atoms with Gasteiger partial charge < -0.3 is 15.4 Å². The van der Waals surface area contributed by atoms with Crippen LogP contribution in [-0.4, -0.2) is 48.3 Å².